The van der Waals surface area contributed by atoms with Crippen LogP contribution in [0.5, 0.6) is 0 Å². The first-order valence-corrected chi connectivity index (χ1v) is 9.63. The molecule has 2 heteroatoms. The van der Waals surface area contributed by atoms with Crippen molar-refractivity contribution in [1.82, 2.24) is 4.90 Å². The van der Waals surface area contributed by atoms with E-state index >= 15 is 0 Å². The van der Waals surface area contributed by atoms with Gasteiger partial charge in [0.1, 0.15) is 0 Å². The van der Waals surface area contributed by atoms with Crippen LogP contribution in [-0.2, 0) is 0 Å². The minimum absolute atomic E-state index is 0.341. The van der Waals surface area contributed by atoms with Gasteiger partial charge in [-0.3, -0.25) is 4.90 Å². The van der Waals surface area contributed by atoms with E-state index in [9.17, 15) is 0 Å². The molecule has 2 aliphatic carbocycles. The molecule has 0 radical (unpaired) electrons. The van der Waals surface area contributed by atoms with Gasteiger partial charge in [0.05, 0.1) is 0 Å². The van der Waals surface area contributed by atoms with Crippen molar-refractivity contribution in [3.05, 3.63) is 0 Å². The maximum absolute atomic E-state index is 6.41. The number of piperidine rings is 1. The highest BCUT2D eigenvalue weighted by Gasteiger charge is 2.46. The first-order valence-electron chi connectivity index (χ1n) is 9.63. The zero-order chi connectivity index (χ0) is 14.9. The van der Waals surface area contributed by atoms with Gasteiger partial charge in [0.15, 0.2) is 0 Å². The molecule has 21 heavy (non-hydrogen) atoms. The van der Waals surface area contributed by atoms with Gasteiger partial charge in [-0.1, -0.05) is 39.5 Å². The Labute approximate surface area is 131 Å². The molecule has 1 aliphatic heterocycles. The van der Waals surface area contributed by atoms with Crippen molar-refractivity contribution < 1.29 is 0 Å². The minimum Gasteiger partial charge on any atom is -0.329 e. The second-order valence-electron chi connectivity index (χ2n) is 8.48. The number of nitrogens with zero attached hydrogens (tertiary/aromatic N) is 1. The molecule has 3 rings (SSSR count). The molecule has 2 saturated carbocycles. The van der Waals surface area contributed by atoms with E-state index in [0.717, 1.165) is 30.3 Å². The summed E-state index contributed by atoms with van der Waals surface area (Å²) < 4.78 is 0. The van der Waals surface area contributed by atoms with Crippen LogP contribution in [0.2, 0.25) is 0 Å². The topological polar surface area (TPSA) is 29.3 Å². The zero-order valence-corrected chi connectivity index (χ0v) is 14.3. The molecule has 3 fully saturated rings. The van der Waals surface area contributed by atoms with Crippen molar-refractivity contribution in [1.29, 1.82) is 0 Å². The van der Waals surface area contributed by atoms with E-state index in [2.05, 4.69) is 18.7 Å². The van der Waals surface area contributed by atoms with Crippen LogP contribution in [0.4, 0.5) is 0 Å². The summed E-state index contributed by atoms with van der Waals surface area (Å²) in [5.74, 6) is 2.70. The highest BCUT2D eigenvalue weighted by molar-refractivity contribution is 5.02. The number of hydrogen-bond donors (Lipinski definition) is 1. The van der Waals surface area contributed by atoms with Gasteiger partial charge in [-0.25, -0.2) is 0 Å². The van der Waals surface area contributed by atoms with Crippen LogP contribution < -0.4 is 5.73 Å². The predicted molar refractivity (Wildman–Crippen MR) is 90.3 cm³/mol. The summed E-state index contributed by atoms with van der Waals surface area (Å²) in [7, 11) is 0. The average Bonchev–Trinajstić information content (AvgIpc) is 2.54. The van der Waals surface area contributed by atoms with E-state index in [-0.39, 0.29) is 0 Å². The third kappa shape index (κ3) is 3.03. The normalized spacial score (nSPS) is 42.0. The van der Waals surface area contributed by atoms with E-state index in [1.165, 1.54) is 70.8 Å². The lowest BCUT2D eigenvalue weighted by atomic mass is 9.68. The lowest BCUT2D eigenvalue weighted by molar-refractivity contribution is -0.0567. The minimum atomic E-state index is 0.341. The molecule has 2 N–H and O–H groups in total. The Balaban J connectivity index is 1.80. The smallest absolute Gasteiger partial charge is 0.0337 e. The zero-order valence-electron chi connectivity index (χ0n) is 14.3. The molecule has 2 nitrogen and oxygen atoms in total. The molecule has 0 aromatic rings. The number of nitrogens with two attached hydrogens (primary N) is 1. The largest absolute Gasteiger partial charge is 0.329 e. The fourth-order valence-electron chi connectivity index (χ4n) is 5.73. The van der Waals surface area contributed by atoms with Gasteiger partial charge in [0.25, 0.3) is 0 Å². The van der Waals surface area contributed by atoms with Crippen molar-refractivity contribution in [2.45, 2.75) is 89.6 Å². The summed E-state index contributed by atoms with van der Waals surface area (Å²) in [5, 5.41) is 0. The quantitative estimate of drug-likeness (QED) is 0.845. The molecule has 4 atom stereocenters. The Hall–Kier alpha value is -0.0800. The first-order chi connectivity index (χ1) is 10.2. The van der Waals surface area contributed by atoms with Gasteiger partial charge >= 0.3 is 0 Å². The standard InChI is InChI=1S/C19H36N2/c1-15(2)17-8-5-11-19(13-17,14-20)21-12-6-9-16-7-3-4-10-18(16)21/h15-18H,3-14,20H2,1-2H3/t16-,17?,18-,19?/m1/s1. The van der Waals surface area contributed by atoms with Crippen LogP contribution in [0.25, 0.3) is 0 Å². The first kappa shape index (κ1) is 15.8. The molecule has 0 aromatic carbocycles. The van der Waals surface area contributed by atoms with Gasteiger partial charge in [-0.15, -0.1) is 0 Å². The average molecular weight is 293 g/mol. The van der Waals surface area contributed by atoms with E-state index in [0.29, 0.717) is 5.54 Å². The molecule has 2 unspecified atom stereocenters. The maximum Gasteiger partial charge on any atom is 0.0337 e. The third-order valence-corrected chi connectivity index (χ3v) is 7.03. The predicted octanol–water partition coefficient (Wildman–Crippen LogP) is 4.18. The van der Waals surface area contributed by atoms with Crippen molar-refractivity contribution >= 4 is 0 Å². The van der Waals surface area contributed by atoms with Crippen molar-refractivity contribution in [2.24, 2.45) is 23.5 Å². The molecular weight excluding hydrogens is 256 g/mol. The van der Waals surface area contributed by atoms with Crippen LogP contribution in [0.3, 0.4) is 0 Å². The second-order valence-corrected chi connectivity index (χ2v) is 8.48. The summed E-state index contributed by atoms with van der Waals surface area (Å²) in [4.78, 5) is 2.94. The van der Waals surface area contributed by atoms with E-state index in [1.807, 2.05) is 0 Å². The lowest BCUT2D eigenvalue weighted by Gasteiger charge is -2.56. The van der Waals surface area contributed by atoms with Crippen LogP contribution in [-0.4, -0.2) is 29.6 Å². The van der Waals surface area contributed by atoms with Crippen LogP contribution in [0.15, 0.2) is 0 Å². The fraction of sp³-hybridized carbons (Fsp3) is 1.00. The van der Waals surface area contributed by atoms with Gasteiger partial charge in [-0.05, 0) is 62.8 Å². The Morgan fingerprint density at radius 2 is 1.81 bits per heavy atom. The Kier molecular flexibility index (Phi) is 4.95. The van der Waals surface area contributed by atoms with Crippen LogP contribution in [0.1, 0.15) is 78.1 Å². The molecule has 0 bridgehead atoms. The summed E-state index contributed by atoms with van der Waals surface area (Å²) in [6, 6.07) is 0.863. The summed E-state index contributed by atoms with van der Waals surface area (Å²) in [6.45, 7) is 7.04. The van der Waals surface area contributed by atoms with Crippen molar-refractivity contribution in [2.75, 3.05) is 13.1 Å². The number of hydrogen-bond acceptors (Lipinski definition) is 2. The number of rotatable bonds is 3. The fourth-order valence-corrected chi connectivity index (χ4v) is 5.73. The van der Waals surface area contributed by atoms with E-state index < -0.39 is 0 Å². The van der Waals surface area contributed by atoms with Crippen molar-refractivity contribution in [3.63, 3.8) is 0 Å². The van der Waals surface area contributed by atoms with Crippen LogP contribution >= 0.6 is 0 Å². The van der Waals surface area contributed by atoms with Gasteiger partial charge in [0.2, 0.25) is 0 Å². The molecular formula is C19H36N2. The molecule has 0 amide bonds. The highest BCUT2D eigenvalue weighted by atomic mass is 15.2. The molecule has 3 aliphatic rings. The lowest BCUT2D eigenvalue weighted by Crippen LogP contribution is -2.63. The molecule has 1 heterocycles. The summed E-state index contributed by atoms with van der Waals surface area (Å²) in [5.41, 5.74) is 6.75. The second kappa shape index (κ2) is 6.58. The highest BCUT2D eigenvalue weighted by Crippen LogP contribution is 2.45. The molecule has 1 saturated heterocycles. The van der Waals surface area contributed by atoms with Crippen molar-refractivity contribution in [3.8, 4) is 0 Å². The summed E-state index contributed by atoms with van der Waals surface area (Å²) in [6.07, 6.45) is 14.3. The SMILES string of the molecule is CC(C)C1CCCC(CN)(N2CCC[C@H]3CCCC[C@H]32)C1. The van der Waals surface area contributed by atoms with Gasteiger partial charge < -0.3 is 5.73 Å². The molecule has 122 valence electrons. The Bertz CT molecular complexity index is 338. The van der Waals surface area contributed by atoms with Crippen LogP contribution in [0, 0.1) is 17.8 Å². The molecule has 0 spiro atoms. The number of likely N-dealkylation sites (tertiary alicyclic amines) is 1. The monoisotopic (exact) mass is 292 g/mol. The van der Waals surface area contributed by atoms with Gasteiger partial charge in [-0.2, -0.15) is 0 Å². The van der Waals surface area contributed by atoms with E-state index in [1.54, 1.807) is 0 Å². The van der Waals surface area contributed by atoms with Gasteiger partial charge in [0, 0.05) is 18.1 Å². The maximum atomic E-state index is 6.41. The number of fused-ring (bicyclic) bond motifs is 1. The van der Waals surface area contributed by atoms with E-state index in [4.69, 9.17) is 5.73 Å². The third-order valence-electron chi connectivity index (χ3n) is 7.03. The molecule has 0 aromatic heterocycles. The summed E-state index contributed by atoms with van der Waals surface area (Å²) >= 11 is 0. The Morgan fingerprint density at radius 3 is 2.57 bits per heavy atom. The Morgan fingerprint density at radius 1 is 1.05 bits per heavy atom.